The van der Waals surface area contributed by atoms with E-state index in [9.17, 15) is 5.11 Å². The highest BCUT2D eigenvalue weighted by Crippen LogP contribution is 2.26. The number of hydrogen-bond donors (Lipinski definition) is 4. The summed E-state index contributed by atoms with van der Waals surface area (Å²) in [6.07, 6.45) is 7.14. The fourth-order valence-corrected chi connectivity index (χ4v) is 3.45. The zero-order valence-corrected chi connectivity index (χ0v) is 15.9. The van der Waals surface area contributed by atoms with Crippen molar-refractivity contribution in [1.82, 2.24) is 24.6 Å². The largest absolute Gasteiger partial charge is 0.397 e. The summed E-state index contributed by atoms with van der Waals surface area (Å²) in [7, 11) is 0. The number of H-pyrrole nitrogens is 1. The van der Waals surface area contributed by atoms with Gasteiger partial charge in [-0.3, -0.25) is 5.10 Å². The van der Waals surface area contributed by atoms with E-state index in [2.05, 4.69) is 31.1 Å². The number of hydrazine groups is 1. The maximum atomic E-state index is 9.24. The summed E-state index contributed by atoms with van der Waals surface area (Å²) in [4.78, 5) is 4.53. The number of aliphatic hydroxyl groups excluding tert-OH is 1. The zero-order valence-electron chi connectivity index (χ0n) is 14.3. The number of pyridine rings is 1. The van der Waals surface area contributed by atoms with Gasteiger partial charge in [0, 0.05) is 34.0 Å². The predicted molar refractivity (Wildman–Crippen MR) is 107 cm³/mol. The Morgan fingerprint density at radius 2 is 2.19 bits per heavy atom. The fourth-order valence-electron chi connectivity index (χ4n) is 3.00. The molecule has 0 amide bonds. The quantitative estimate of drug-likeness (QED) is 0.285. The summed E-state index contributed by atoms with van der Waals surface area (Å²) in [6.45, 7) is 0.375. The molecular formula is C18H18BrN7O. The molecule has 0 aliphatic carbocycles. The molecule has 27 heavy (non-hydrogen) atoms. The summed E-state index contributed by atoms with van der Waals surface area (Å²) >= 11 is 3.48. The number of rotatable bonds is 5. The topological polar surface area (TPSA) is 121 Å². The van der Waals surface area contributed by atoms with Gasteiger partial charge in [0.1, 0.15) is 5.65 Å². The molecule has 8 nitrogen and oxygen atoms in total. The average molecular weight is 428 g/mol. The number of fused-ring (bicyclic) bond motifs is 2. The number of aliphatic hydroxyl groups is 1. The fraction of sp³-hybridized carbons (Fsp3) is 0.111. The maximum Gasteiger partial charge on any atom is 0.137 e. The Kier molecular flexibility index (Phi) is 4.56. The van der Waals surface area contributed by atoms with Crippen LogP contribution in [0.5, 0.6) is 0 Å². The Hall–Kier alpha value is -2.88. The third-order valence-electron chi connectivity index (χ3n) is 4.23. The molecule has 0 aliphatic heterocycles. The first-order valence-corrected chi connectivity index (χ1v) is 9.02. The lowest BCUT2D eigenvalue weighted by atomic mass is 10.1. The second-order valence-corrected chi connectivity index (χ2v) is 7.15. The molecule has 0 radical (unpaired) electrons. The number of nitrogens with one attached hydrogen (secondary N) is 1. The van der Waals surface area contributed by atoms with E-state index in [0.717, 1.165) is 37.8 Å². The summed E-state index contributed by atoms with van der Waals surface area (Å²) in [5.74, 6) is 6.13. The summed E-state index contributed by atoms with van der Waals surface area (Å²) in [6, 6.07) is 7.57. The smallest absolute Gasteiger partial charge is 0.137 e. The molecule has 0 unspecified atom stereocenters. The van der Waals surface area contributed by atoms with E-state index >= 15 is 0 Å². The van der Waals surface area contributed by atoms with E-state index in [-0.39, 0.29) is 6.61 Å². The monoisotopic (exact) mass is 427 g/mol. The van der Waals surface area contributed by atoms with Crippen molar-refractivity contribution in [2.75, 3.05) is 0 Å². The summed E-state index contributed by atoms with van der Waals surface area (Å²) < 4.78 is 2.76. The Morgan fingerprint density at radius 3 is 3.00 bits per heavy atom. The Bertz CT molecular complexity index is 1150. The van der Waals surface area contributed by atoms with Crippen LogP contribution in [0.3, 0.4) is 0 Å². The normalized spacial score (nSPS) is 12.2. The van der Waals surface area contributed by atoms with E-state index in [1.54, 1.807) is 12.4 Å². The molecule has 3 aromatic heterocycles. The minimum Gasteiger partial charge on any atom is -0.397 e. The Balaban J connectivity index is 1.59. The van der Waals surface area contributed by atoms with Crippen molar-refractivity contribution in [3.05, 3.63) is 70.3 Å². The van der Waals surface area contributed by atoms with Crippen LogP contribution in [0.1, 0.15) is 16.8 Å². The summed E-state index contributed by atoms with van der Waals surface area (Å²) in [5.41, 5.74) is 10.9. The minimum atomic E-state index is -0.0130. The van der Waals surface area contributed by atoms with Crippen LogP contribution in [0, 0.1) is 0 Å². The molecule has 0 atom stereocenters. The van der Waals surface area contributed by atoms with Gasteiger partial charge in [0.25, 0.3) is 0 Å². The molecule has 0 aliphatic rings. The standard InChI is InChI=1S/C18H18BrN7O/c19-12-3-14(15-5-22-24-17(15)4-12)16(20)9-26(21)8-13-7-25-6-11(10-27)1-2-18(25)23-13/h1-7,9,27H,8,10,20-21H2,(H,22,24)/b16-9-. The number of hydrogen-bond acceptors (Lipinski definition) is 6. The van der Waals surface area contributed by atoms with E-state index in [1.165, 1.54) is 5.01 Å². The predicted octanol–water partition coefficient (Wildman–Crippen LogP) is 2.10. The van der Waals surface area contributed by atoms with Crippen LogP contribution in [0.4, 0.5) is 0 Å². The molecule has 9 heteroatoms. The number of imidazole rings is 1. The average Bonchev–Trinajstić information content (AvgIpc) is 3.25. The molecule has 3 heterocycles. The molecule has 138 valence electrons. The number of aromatic amines is 1. The molecule has 0 spiro atoms. The van der Waals surface area contributed by atoms with Crippen molar-refractivity contribution in [3.63, 3.8) is 0 Å². The SMILES string of the molecule is N/C(=C\N(N)Cc1cn2cc(CO)ccc2n1)c1cc(Br)cc2[nH]ncc12. The molecule has 0 bridgehead atoms. The van der Waals surface area contributed by atoms with Crippen LogP contribution < -0.4 is 11.6 Å². The van der Waals surface area contributed by atoms with Gasteiger partial charge in [0.05, 0.1) is 36.3 Å². The third-order valence-corrected chi connectivity index (χ3v) is 4.69. The molecule has 6 N–H and O–H groups in total. The van der Waals surface area contributed by atoms with Crippen molar-refractivity contribution in [2.45, 2.75) is 13.2 Å². The van der Waals surface area contributed by atoms with Crippen molar-refractivity contribution in [1.29, 1.82) is 0 Å². The highest BCUT2D eigenvalue weighted by atomic mass is 79.9. The highest BCUT2D eigenvalue weighted by Gasteiger charge is 2.10. The second kappa shape index (κ2) is 7.03. The molecule has 0 saturated carbocycles. The van der Waals surface area contributed by atoms with Gasteiger partial charge in [-0.1, -0.05) is 22.0 Å². The first-order chi connectivity index (χ1) is 13.0. The first kappa shape index (κ1) is 17.5. The Labute approximate surface area is 163 Å². The first-order valence-electron chi connectivity index (χ1n) is 8.22. The number of aromatic nitrogens is 4. The molecule has 0 saturated heterocycles. The summed E-state index contributed by atoms with van der Waals surface area (Å²) in [5, 5.41) is 18.7. The van der Waals surface area contributed by atoms with Gasteiger partial charge >= 0.3 is 0 Å². The van der Waals surface area contributed by atoms with Crippen LogP contribution in [-0.4, -0.2) is 29.7 Å². The van der Waals surface area contributed by atoms with Crippen LogP contribution >= 0.6 is 15.9 Å². The van der Waals surface area contributed by atoms with Gasteiger partial charge in [0.15, 0.2) is 0 Å². The molecule has 0 fully saturated rings. The lowest BCUT2D eigenvalue weighted by molar-refractivity contribution is 0.281. The number of halogens is 1. The molecule has 4 rings (SSSR count). The van der Waals surface area contributed by atoms with Gasteiger partial charge in [-0.25, -0.2) is 10.8 Å². The number of benzene rings is 1. The zero-order chi connectivity index (χ0) is 19.0. The number of nitrogens with two attached hydrogens (primary N) is 2. The third kappa shape index (κ3) is 3.52. The van der Waals surface area contributed by atoms with E-state index in [0.29, 0.717) is 12.2 Å². The van der Waals surface area contributed by atoms with Gasteiger partial charge < -0.3 is 20.2 Å². The van der Waals surface area contributed by atoms with Crippen molar-refractivity contribution in [3.8, 4) is 0 Å². The van der Waals surface area contributed by atoms with Crippen molar-refractivity contribution < 1.29 is 5.11 Å². The lowest BCUT2D eigenvalue weighted by Crippen LogP contribution is -2.25. The van der Waals surface area contributed by atoms with Crippen LogP contribution in [0.25, 0.3) is 22.2 Å². The molecule has 1 aromatic carbocycles. The maximum absolute atomic E-state index is 9.24. The van der Waals surface area contributed by atoms with Gasteiger partial charge in [-0.05, 0) is 23.8 Å². The lowest BCUT2D eigenvalue weighted by Gasteiger charge is -2.14. The van der Waals surface area contributed by atoms with Crippen LogP contribution in [0.15, 0.2) is 53.5 Å². The van der Waals surface area contributed by atoms with E-state index < -0.39 is 0 Å². The van der Waals surface area contributed by atoms with Gasteiger partial charge in [0.2, 0.25) is 0 Å². The van der Waals surface area contributed by atoms with Crippen molar-refractivity contribution >= 4 is 38.2 Å². The number of nitrogens with zero attached hydrogens (tertiary/aromatic N) is 4. The highest BCUT2D eigenvalue weighted by molar-refractivity contribution is 9.10. The van der Waals surface area contributed by atoms with Crippen LogP contribution in [-0.2, 0) is 13.2 Å². The minimum absolute atomic E-state index is 0.0130. The van der Waals surface area contributed by atoms with Crippen LogP contribution in [0.2, 0.25) is 0 Å². The molecule has 4 aromatic rings. The Morgan fingerprint density at radius 1 is 1.33 bits per heavy atom. The van der Waals surface area contributed by atoms with E-state index in [1.807, 2.05) is 41.1 Å². The second-order valence-electron chi connectivity index (χ2n) is 6.23. The van der Waals surface area contributed by atoms with Crippen molar-refractivity contribution in [2.24, 2.45) is 11.6 Å². The van der Waals surface area contributed by atoms with E-state index in [4.69, 9.17) is 11.6 Å². The van der Waals surface area contributed by atoms with Gasteiger partial charge in [-0.15, -0.1) is 0 Å². The van der Waals surface area contributed by atoms with Gasteiger partial charge in [-0.2, -0.15) is 5.10 Å². The molecular weight excluding hydrogens is 410 g/mol.